The number of ketones is 1. The molecule has 0 amide bonds. The standard InChI is InChI=1S/C14H14FNO2/c1-3-12(17)14-13(18-9(2)16-14)8-10-4-6-11(15)7-5-10/h4-7H,3,8H2,1-2H3. The van der Waals surface area contributed by atoms with Gasteiger partial charge >= 0.3 is 0 Å². The zero-order chi connectivity index (χ0) is 13.1. The topological polar surface area (TPSA) is 43.1 Å². The van der Waals surface area contributed by atoms with Crippen molar-refractivity contribution < 1.29 is 13.6 Å². The van der Waals surface area contributed by atoms with E-state index in [2.05, 4.69) is 4.98 Å². The summed E-state index contributed by atoms with van der Waals surface area (Å²) in [4.78, 5) is 15.8. The van der Waals surface area contributed by atoms with E-state index in [9.17, 15) is 9.18 Å². The molecule has 94 valence electrons. The zero-order valence-electron chi connectivity index (χ0n) is 10.4. The van der Waals surface area contributed by atoms with Crippen LogP contribution in [0.15, 0.2) is 28.7 Å². The van der Waals surface area contributed by atoms with Gasteiger partial charge in [0, 0.05) is 19.8 Å². The predicted molar refractivity (Wildman–Crippen MR) is 65.1 cm³/mol. The second-order valence-electron chi connectivity index (χ2n) is 4.08. The fourth-order valence-electron chi connectivity index (χ4n) is 1.76. The highest BCUT2D eigenvalue weighted by Crippen LogP contribution is 2.17. The van der Waals surface area contributed by atoms with Crippen LogP contribution in [-0.2, 0) is 6.42 Å². The number of carbonyl (C=O) groups is 1. The van der Waals surface area contributed by atoms with E-state index >= 15 is 0 Å². The van der Waals surface area contributed by atoms with Crippen molar-refractivity contribution >= 4 is 5.78 Å². The monoisotopic (exact) mass is 247 g/mol. The fraction of sp³-hybridized carbons (Fsp3) is 0.286. The number of rotatable bonds is 4. The third kappa shape index (κ3) is 2.64. The van der Waals surface area contributed by atoms with E-state index in [0.29, 0.717) is 30.2 Å². The average Bonchev–Trinajstić information content (AvgIpc) is 2.72. The molecule has 4 heteroatoms. The van der Waals surface area contributed by atoms with Gasteiger partial charge in [-0.1, -0.05) is 19.1 Å². The molecule has 0 saturated carbocycles. The summed E-state index contributed by atoms with van der Waals surface area (Å²) < 4.78 is 18.2. The summed E-state index contributed by atoms with van der Waals surface area (Å²) in [7, 11) is 0. The van der Waals surface area contributed by atoms with Gasteiger partial charge in [-0.25, -0.2) is 9.37 Å². The Balaban J connectivity index is 2.28. The molecule has 0 N–H and O–H groups in total. The third-order valence-electron chi connectivity index (χ3n) is 2.67. The van der Waals surface area contributed by atoms with Crippen LogP contribution < -0.4 is 0 Å². The highest BCUT2D eigenvalue weighted by Gasteiger charge is 2.17. The first-order valence-corrected chi connectivity index (χ1v) is 5.84. The zero-order valence-corrected chi connectivity index (χ0v) is 10.4. The lowest BCUT2D eigenvalue weighted by Gasteiger charge is -2.00. The van der Waals surface area contributed by atoms with Gasteiger partial charge in [-0.05, 0) is 17.7 Å². The lowest BCUT2D eigenvalue weighted by Crippen LogP contribution is -2.02. The Morgan fingerprint density at radius 2 is 2.00 bits per heavy atom. The van der Waals surface area contributed by atoms with E-state index in [1.807, 2.05) is 0 Å². The molecule has 0 saturated heterocycles. The summed E-state index contributed by atoms with van der Waals surface area (Å²) in [5.41, 5.74) is 1.28. The van der Waals surface area contributed by atoms with Crippen molar-refractivity contribution in [3.63, 3.8) is 0 Å². The number of hydrogen-bond donors (Lipinski definition) is 0. The number of carbonyl (C=O) groups excluding carboxylic acids is 1. The molecule has 0 radical (unpaired) electrons. The van der Waals surface area contributed by atoms with Crippen LogP contribution in [0.25, 0.3) is 0 Å². The van der Waals surface area contributed by atoms with Crippen LogP contribution in [0, 0.1) is 12.7 Å². The summed E-state index contributed by atoms with van der Waals surface area (Å²) in [5, 5.41) is 0. The maximum absolute atomic E-state index is 12.8. The highest BCUT2D eigenvalue weighted by atomic mass is 19.1. The summed E-state index contributed by atoms with van der Waals surface area (Å²) in [5.74, 6) is 0.705. The minimum absolute atomic E-state index is 0.0380. The number of benzene rings is 1. The lowest BCUT2D eigenvalue weighted by molar-refractivity contribution is 0.0982. The van der Waals surface area contributed by atoms with Crippen LogP contribution in [0.2, 0.25) is 0 Å². The van der Waals surface area contributed by atoms with Crippen molar-refractivity contribution in [2.45, 2.75) is 26.7 Å². The minimum Gasteiger partial charge on any atom is -0.445 e. The molecule has 0 aliphatic carbocycles. The number of halogens is 1. The first-order valence-electron chi connectivity index (χ1n) is 5.84. The molecule has 2 aromatic rings. The van der Waals surface area contributed by atoms with Crippen LogP contribution in [0.1, 0.15) is 41.0 Å². The van der Waals surface area contributed by atoms with Crippen molar-refractivity contribution in [3.05, 3.63) is 53.0 Å². The van der Waals surface area contributed by atoms with Crippen LogP contribution >= 0.6 is 0 Å². The SMILES string of the molecule is CCC(=O)c1nc(C)oc1Cc1ccc(F)cc1. The molecular weight excluding hydrogens is 233 g/mol. The quantitative estimate of drug-likeness (QED) is 0.778. The molecule has 1 aromatic heterocycles. The van der Waals surface area contributed by atoms with E-state index in [1.54, 1.807) is 26.0 Å². The van der Waals surface area contributed by atoms with Crippen molar-refractivity contribution in [2.24, 2.45) is 0 Å². The first kappa shape index (κ1) is 12.5. The van der Waals surface area contributed by atoms with Crippen LogP contribution in [0.4, 0.5) is 4.39 Å². The Kier molecular flexibility index (Phi) is 3.55. The maximum Gasteiger partial charge on any atom is 0.191 e. The predicted octanol–water partition coefficient (Wildman–Crippen LogP) is 3.31. The average molecular weight is 247 g/mol. The molecule has 0 fully saturated rings. The first-order chi connectivity index (χ1) is 8.60. The summed E-state index contributed by atoms with van der Waals surface area (Å²) in [6.45, 7) is 3.49. The van der Waals surface area contributed by atoms with Gasteiger partial charge < -0.3 is 4.42 Å². The van der Waals surface area contributed by atoms with E-state index in [4.69, 9.17) is 4.42 Å². The second kappa shape index (κ2) is 5.12. The highest BCUT2D eigenvalue weighted by molar-refractivity contribution is 5.95. The molecular formula is C14H14FNO2. The molecule has 0 aliphatic rings. The Hall–Kier alpha value is -1.97. The molecule has 0 aliphatic heterocycles. The van der Waals surface area contributed by atoms with Crippen molar-refractivity contribution in [3.8, 4) is 0 Å². The van der Waals surface area contributed by atoms with E-state index in [-0.39, 0.29) is 11.6 Å². The Morgan fingerprint density at radius 1 is 1.33 bits per heavy atom. The molecule has 2 rings (SSSR count). The number of hydrogen-bond acceptors (Lipinski definition) is 3. The number of aromatic nitrogens is 1. The van der Waals surface area contributed by atoms with Crippen molar-refractivity contribution in [1.29, 1.82) is 0 Å². The molecule has 18 heavy (non-hydrogen) atoms. The maximum atomic E-state index is 12.8. The van der Waals surface area contributed by atoms with Gasteiger partial charge in [0.05, 0.1) is 0 Å². The van der Waals surface area contributed by atoms with Crippen molar-refractivity contribution in [2.75, 3.05) is 0 Å². The van der Waals surface area contributed by atoms with E-state index in [1.165, 1.54) is 12.1 Å². The molecule has 3 nitrogen and oxygen atoms in total. The smallest absolute Gasteiger partial charge is 0.191 e. The Labute approximate surface area is 105 Å². The number of Topliss-reactive ketones (excluding diaryl/α,β-unsaturated/α-hetero) is 1. The molecule has 0 unspecified atom stereocenters. The summed E-state index contributed by atoms with van der Waals surface area (Å²) >= 11 is 0. The van der Waals surface area contributed by atoms with E-state index in [0.717, 1.165) is 5.56 Å². The van der Waals surface area contributed by atoms with Gasteiger partial charge in [0.15, 0.2) is 11.7 Å². The number of nitrogens with zero attached hydrogens (tertiary/aromatic N) is 1. The van der Waals surface area contributed by atoms with Gasteiger partial charge in [-0.3, -0.25) is 4.79 Å². The van der Waals surface area contributed by atoms with Gasteiger partial charge in [0.1, 0.15) is 17.3 Å². The second-order valence-corrected chi connectivity index (χ2v) is 4.08. The third-order valence-corrected chi connectivity index (χ3v) is 2.67. The minimum atomic E-state index is -0.280. The molecule has 1 aromatic carbocycles. The van der Waals surface area contributed by atoms with Gasteiger partial charge in [-0.2, -0.15) is 0 Å². The van der Waals surface area contributed by atoms with Gasteiger partial charge in [0.2, 0.25) is 0 Å². The Morgan fingerprint density at radius 3 is 2.61 bits per heavy atom. The van der Waals surface area contributed by atoms with E-state index < -0.39 is 0 Å². The normalized spacial score (nSPS) is 10.6. The van der Waals surface area contributed by atoms with Crippen LogP contribution in [0.5, 0.6) is 0 Å². The molecule has 0 bridgehead atoms. The molecule has 0 atom stereocenters. The summed E-state index contributed by atoms with van der Waals surface area (Å²) in [6.07, 6.45) is 0.838. The number of aryl methyl sites for hydroxylation is 1. The van der Waals surface area contributed by atoms with Crippen LogP contribution in [0.3, 0.4) is 0 Å². The number of oxazole rings is 1. The molecule has 1 heterocycles. The van der Waals surface area contributed by atoms with Crippen LogP contribution in [-0.4, -0.2) is 10.8 Å². The fourth-order valence-corrected chi connectivity index (χ4v) is 1.76. The summed E-state index contributed by atoms with van der Waals surface area (Å²) in [6, 6.07) is 6.13. The van der Waals surface area contributed by atoms with Gasteiger partial charge in [-0.15, -0.1) is 0 Å². The van der Waals surface area contributed by atoms with Gasteiger partial charge in [0.25, 0.3) is 0 Å². The Bertz CT molecular complexity index is 558. The lowest BCUT2D eigenvalue weighted by atomic mass is 10.1. The largest absolute Gasteiger partial charge is 0.445 e. The van der Waals surface area contributed by atoms with Crippen molar-refractivity contribution in [1.82, 2.24) is 4.98 Å². The molecule has 0 spiro atoms.